The lowest BCUT2D eigenvalue weighted by Gasteiger charge is -2.14. The number of unbranched alkanes of at least 4 members (excludes halogenated alkanes) is 11. The SMILES string of the molecule is CCCCCCCCCCCCCCN.C[N+](C)(C)C. The maximum atomic E-state index is 5.45. The summed E-state index contributed by atoms with van der Waals surface area (Å²) in [6.45, 7) is 3.15. The summed E-state index contributed by atoms with van der Waals surface area (Å²) in [5.41, 5.74) is 5.45. The quantitative estimate of drug-likeness (QED) is 0.398. The van der Waals surface area contributed by atoms with Gasteiger partial charge in [0.25, 0.3) is 0 Å². The molecule has 0 spiro atoms. The molecule has 0 aromatic rings. The zero-order valence-corrected chi connectivity index (χ0v) is 15.2. The van der Waals surface area contributed by atoms with Gasteiger partial charge in [-0.1, -0.05) is 77.6 Å². The van der Waals surface area contributed by atoms with Gasteiger partial charge in [-0.2, -0.15) is 0 Å². The van der Waals surface area contributed by atoms with Crippen LogP contribution < -0.4 is 5.73 Å². The van der Waals surface area contributed by atoms with Crippen molar-refractivity contribution in [3.8, 4) is 0 Å². The standard InChI is InChI=1S/C14H31N.C4H12N/c1-2-3-4-5-6-7-8-9-10-11-12-13-14-15;1-5(2,3)4/h2-15H2,1H3;1-4H3/q;+1. The first kappa shape index (κ1) is 22.2. The van der Waals surface area contributed by atoms with E-state index in [-0.39, 0.29) is 0 Å². The van der Waals surface area contributed by atoms with Crippen molar-refractivity contribution >= 4 is 0 Å². The van der Waals surface area contributed by atoms with Gasteiger partial charge in [-0.3, -0.25) is 0 Å². The van der Waals surface area contributed by atoms with Gasteiger partial charge in [-0.25, -0.2) is 0 Å². The van der Waals surface area contributed by atoms with Gasteiger partial charge < -0.3 is 10.2 Å². The average Bonchev–Trinajstić information content (AvgIpc) is 2.34. The van der Waals surface area contributed by atoms with Crippen LogP contribution >= 0.6 is 0 Å². The first-order valence-corrected chi connectivity index (χ1v) is 8.90. The van der Waals surface area contributed by atoms with Gasteiger partial charge >= 0.3 is 0 Å². The summed E-state index contributed by atoms with van der Waals surface area (Å²) in [7, 11) is 8.50. The van der Waals surface area contributed by atoms with Crippen LogP contribution in [-0.2, 0) is 0 Å². The third-order valence-corrected chi connectivity index (χ3v) is 3.06. The van der Waals surface area contributed by atoms with Gasteiger partial charge in [-0.05, 0) is 13.0 Å². The van der Waals surface area contributed by atoms with E-state index in [4.69, 9.17) is 5.73 Å². The van der Waals surface area contributed by atoms with E-state index in [1.165, 1.54) is 77.0 Å². The lowest BCUT2D eigenvalue weighted by Crippen LogP contribution is -2.27. The van der Waals surface area contributed by atoms with Crippen LogP contribution in [0.15, 0.2) is 0 Å². The number of hydrogen-bond donors (Lipinski definition) is 1. The Morgan fingerprint density at radius 1 is 0.550 bits per heavy atom. The Bertz CT molecular complexity index is 143. The number of hydrogen-bond acceptors (Lipinski definition) is 1. The number of nitrogens with zero attached hydrogens (tertiary/aromatic N) is 1. The molecule has 0 radical (unpaired) electrons. The highest BCUT2D eigenvalue weighted by Gasteiger charge is 1.92. The van der Waals surface area contributed by atoms with E-state index in [0.717, 1.165) is 11.0 Å². The van der Waals surface area contributed by atoms with Crippen LogP contribution in [-0.4, -0.2) is 39.2 Å². The van der Waals surface area contributed by atoms with Crippen LogP contribution in [0.25, 0.3) is 0 Å². The summed E-state index contributed by atoms with van der Waals surface area (Å²) in [5, 5.41) is 0. The van der Waals surface area contributed by atoms with Crippen molar-refractivity contribution in [3.05, 3.63) is 0 Å². The summed E-state index contributed by atoms with van der Waals surface area (Å²) < 4.78 is 1.00. The third kappa shape index (κ3) is 36.1. The molecule has 20 heavy (non-hydrogen) atoms. The van der Waals surface area contributed by atoms with E-state index in [0.29, 0.717) is 0 Å². The van der Waals surface area contributed by atoms with Crippen LogP contribution in [0, 0.1) is 0 Å². The van der Waals surface area contributed by atoms with Gasteiger partial charge in [-0.15, -0.1) is 0 Å². The smallest absolute Gasteiger partial charge is 0.0675 e. The number of nitrogens with two attached hydrogens (primary N) is 1. The van der Waals surface area contributed by atoms with E-state index in [2.05, 4.69) is 35.1 Å². The van der Waals surface area contributed by atoms with E-state index >= 15 is 0 Å². The molecule has 2 nitrogen and oxygen atoms in total. The molecule has 0 heterocycles. The number of rotatable bonds is 12. The zero-order valence-electron chi connectivity index (χ0n) is 15.2. The fourth-order valence-electron chi connectivity index (χ4n) is 1.99. The van der Waals surface area contributed by atoms with Crippen LogP contribution in [0.5, 0.6) is 0 Å². The normalized spacial score (nSPS) is 11.1. The fourth-order valence-corrected chi connectivity index (χ4v) is 1.99. The van der Waals surface area contributed by atoms with Crippen LogP contribution in [0.4, 0.5) is 0 Å². The Kier molecular flexibility index (Phi) is 18.8. The molecule has 0 aliphatic heterocycles. The molecule has 0 bridgehead atoms. The maximum Gasteiger partial charge on any atom is 0.0675 e. The third-order valence-electron chi connectivity index (χ3n) is 3.06. The van der Waals surface area contributed by atoms with Gasteiger partial charge in [0.05, 0.1) is 28.2 Å². The Morgan fingerprint density at radius 2 is 0.800 bits per heavy atom. The maximum absolute atomic E-state index is 5.45. The molecule has 0 atom stereocenters. The topological polar surface area (TPSA) is 26.0 Å². The molecule has 0 aliphatic rings. The molecule has 0 fully saturated rings. The van der Waals surface area contributed by atoms with E-state index in [9.17, 15) is 0 Å². The number of quaternary nitrogens is 1. The molecule has 0 rings (SSSR count). The Balaban J connectivity index is 0. The predicted octanol–water partition coefficient (Wildman–Crippen LogP) is 4.97. The van der Waals surface area contributed by atoms with E-state index in [1.54, 1.807) is 0 Å². The highest BCUT2D eigenvalue weighted by Crippen LogP contribution is 2.11. The fraction of sp³-hybridized carbons (Fsp3) is 1.00. The first-order chi connectivity index (χ1) is 9.41. The van der Waals surface area contributed by atoms with Crippen molar-refractivity contribution < 1.29 is 4.48 Å². The second-order valence-corrected chi connectivity index (χ2v) is 7.36. The molecule has 0 aliphatic carbocycles. The molecule has 0 amide bonds. The van der Waals surface area contributed by atoms with Crippen molar-refractivity contribution in [2.45, 2.75) is 84.0 Å². The minimum absolute atomic E-state index is 0.872. The van der Waals surface area contributed by atoms with Gasteiger partial charge in [0.1, 0.15) is 0 Å². The first-order valence-electron chi connectivity index (χ1n) is 8.90. The zero-order chi connectivity index (χ0) is 15.7. The summed E-state index contributed by atoms with van der Waals surface area (Å²) >= 11 is 0. The average molecular weight is 288 g/mol. The van der Waals surface area contributed by atoms with Crippen LogP contribution in [0.1, 0.15) is 84.0 Å². The van der Waals surface area contributed by atoms with Crippen molar-refractivity contribution in [1.29, 1.82) is 0 Å². The second-order valence-electron chi connectivity index (χ2n) is 7.36. The molecular formula is C18H43N2+. The lowest BCUT2D eigenvalue weighted by atomic mass is 10.1. The van der Waals surface area contributed by atoms with E-state index in [1.807, 2.05) is 0 Å². The Labute approximate surface area is 129 Å². The van der Waals surface area contributed by atoms with Gasteiger partial charge in [0, 0.05) is 0 Å². The van der Waals surface area contributed by atoms with Crippen molar-refractivity contribution in [2.24, 2.45) is 5.73 Å². The molecule has 124 valence electrons. The highest BCUT2D eigenvalue weighted by atomic mass is 15.2. The molecule has 0 unspecified atom stereocenters. The summed E-state index contributed by atoms with van der Waals surface area (Å²) in [6, 6.07) is 0. The van der Waals surface area contributed by atoms with Gasteiger partial charge in [0.15, 0.2) is 0 Å². The predicted molar refractivity (Wildman–Crippen MR) is 94.1 cm³/mol. The van der Waals surface area contributed by atoms with Crippen molar-refractivity contribution in [1.82, 2.24) is 0 Å². The van der Waals surface area contributed by atoms with Crippen molar-refractivity contribution in [2.75, 3.05) is 34.7 Å². The lowest BCUT2D eigenvalue weighted by molar-refractivity contribution is -0.849. The molecule has 0 saturated carbocycles. The monoisotopic (exact) mass is 287 g/mol. The molecular weight excluding hydrogens is 244 g/mol. The Hall–Kier alpha value is -0.0800. The van der Waals surface area contributed by atoms with Crippen LogP contribution in [0.2, 0.25) is 0 Å². The molecule has 0 aromatic carbocycles. The second kappa shape index (κ2) is 17.0. The minimum Gasteiger partial charge on any atom is -0.333 e. The molecule has 0 aromatic heterocycles. The minimum atomic E-state index is 0.872. The highest BCUT2D eigenvalue weighted by molar-refractivity contribution is 4.48. The van der Waals surface area contributed by atoms with E-state index < -0.39 is 0 Å². The van der Waals surface area contributed by atoms with Crippen molar-refractivity contribution in [3.63, 3.8) is 0 Å². The summed E-state index contributed by atoms with van der Waals surface area (Å²) in [4.78, 5) is 0. The van der Waals surface area contributed by atoms with Crippen LogP contribution in [0.3, 0.4) is 0 Å². The molecule has 0 saturated heterocycles. The molecule has 2 heteroatoms. The van der Waals surface area contributed by atoms with Gasteiger partial charge in [0.2, 0.25) is 0 Å². The Morgan fingerprint density at radius 3 is 1.05 bits per heavy atom. The largest absolute Gasteiger partial charge is 0.333 e. The molecule has 2 N–H and O–H groups in total. The summed E-state index contributed by atoms with van der Waals surface area (Å²) in [6.07, 6.45) is 16.9. The summed E-state index contributed by atoms with van der Waals surface area (Å²) in [5.74, 6) is 0.